The number of carboxylic acids is 1. The predicted octanol–water partition coefficient (Wildman–Crippen LogP) is 5.46. The van der Waals surface area contributed by atoms with Gasteiger partial charge in [0.15, 0.2) is 4.80 Å². The molecule has 1 N–H and O–H groups in total. The summed E-state index contributed by atoms with van der Waals surface area (Å²) < 4.78 is 18.7. The lowest BCUT2D eigenvalue weighted by Crippen LogP contribution is -2.40. The van der Waals surface area contributed by atoms with Gasteiger partial charge in [-0.25, -0.2) is 14.6 Å². The van der Waals surface area contributed by atoms with Crippen LogP contribution in [0.5, 0.6) is 5.75 Å². The van der Waals surface area contributed by atoms with Crippen LogP contribution in [0, 0.1) is 0 Å². The number of thiazole rings is 1. The van der Waals surface area contributed by atoms with Crippen LogP contribution >= 0.6 is 34.5 Å². The molecule has 0 radical (unpaired) electrons. The van der Waals surface area contributed by atoms with Crippen LogP contribution in [0.25, 0.3) is 17.4 Å². The average Bonchev–Trinajstić information content (AvgIpc) is 3.55. The normalized spacial score (nSPS) is 14.9. The van der Waals surface area contributed by atoms with Gasteiger partial charge in [-0.2, -0.15) is 0 Å². The number of aromatic nitrogens is 1. The number of carbonyl (C=O) groups excluding carboxylic acids is 1. The van der Waals surface area contributed by atoms with E-state index in [9.17, 15) is 19.5 Å². The zero-order valence-electron chi connectivity index (χ0n) is 22.6. The van der Waals surface area contributed by atoms with Crippen molar-refractivity contribution in [3.05, 3.63) is 106 Å². The van der Waals surface area contributed by atoms with E-state index in [-0.39, 0.29) is 16.2 Å². The molecule has 1 aliphatic rings. The van der Waals surface area contributed by atoms with Crippen molar-refractivity contribution in [1.82, 2.24) is 4.57 Å². The lowest BCUT2D eigenvalue weighted by atomic mass is 9.95. The molecule has 0 aliphatic carbocycles. The van der Waals surface area contributed by atoms with Gasteiger partial charge in [0, 0.05) is 22.2 Å². The number of esters is 1. The number of nitrogens with zero attached hydrogens (tertiary/aromatic N) is 2. The van der Waals surface area contributed by atoms with Gasteiger partial charge < -0.3 is 19.0 Å². The second kappa shape index (κ2) is 12.0. The monoisotopic (exact) mass is 626 g/mol. The first kappa shape index (κ1) is 29.4. The Bertz CT molecular complexity index is 1940. The fraction of sp³-hybridized carbons (Fsp3) is 0.200. The Hall–Kier alpha value is -4.12. The number of benzene rings is 2. The number of hydrogen-bond donors (Lipinski definition) is 1. The summed E-state index contributed by atoms with van der Waals surface area (Å²) in [6, 6.07) is 12.0. The van der Waals surface area contributed by atoms with Crippen LogP contribution in [0.4, 0.5) is 0 Å². The zero-order valence-corrected chi connectivity index (χ0v) is 25.0. The van der Waals surface area contributed by atoms with Crippen molar-refractivity contribution >= 4 is 52.6 Å². The van der Waals surface area contributed by atoms with Crippen molar-refractivity contribution < 1.29 is 28.6 Å². The highest BCUT2D eigenvalue weighted by Crippen LogP contribution is 2.37. The Morgan fingerprint density at radius 1 is 1.17 bits per heavy atom. The summed E-state index contributed by atoms with van der Waals surface area (Å²) in [5.41, 5.74) is 1.17. The summed E-state index contributed by atoms with van der Waals surface area (Å²) in [5.74, 6) is -0.551. The van der Waals surface area contributed by atoms with Crippen molar-refractivity contribution in [3.63, 3.8) is 0 Å². The molecule has 216 valence electrons. The number of carbonyl (C=O) groups is 2. The second-order valence-corrected chi connectivity index (χ2v) is 11.2. The van der Waals surface area contributed by atoms with Crippen LogP contribution in [0.3, 0.4) is 0 Å². The maximum atomic E-state index is 13.9. The standard InChI is InChI=1S/C30H24Cl2N2O7S/c1-4-11-40-23-9-6-17(31)13-20(23)26-25(29(38)39-3)15(2)33-30-34(26)27(35)24(42-30)14-18-7-10-22(41-18)16-5-8-21(32)19(12-16)28(36)37/h5-10,12-14,26H,4,11H2,1-3H3,(H,36,37)/b24-14+/t26-/m0/s1. The van der Waals surface area contributed by atoms with E-state index in [2.05, 4.69) is 4.99 Å². The number of methoxy groups -OCH3 is 1. The van der Waals surface area contributed by atoms with Crippen LogP contribution < -0.4 is 19.6 Å². The van der Waals surface area contributed by atoms with E-state index < -0.39 is 23.5 Å². The van der Waals surface area contributed by atoms with Gasteiger partial charge in [-0.1, -0.05) is 41.5 Å². The molecule has 0 spiro atoms. The van der Waals surface area contributed by atoms with Crippen LogP contribution in [0.15, 0.2) is 74.0 Å². The zero-order chi connectivity index (χ0) is 30.1. The maximum Gasteiger partial charge on any atom is 0.338 e. The van der Waals surface area contributed by atoms with Gasteiger partial charge in [-0.15, -0.1) is 0 Å². The predicted molar refractivity (Wildman–Crippen MR) is 159 cm³/mol. The molecule has 4 aromatic rings. The number of halogens is 2. The molecule has 1 aliphatic heterocycles. The van der Waals surface area contributed by atoms with E-state index in [0.29, 0.717) is 55.1 Å². The summed E-state index contributed by atoms with van der Waals surface area (Å²) in [6.07, 6.45) is 2.32. The number of rotatable bonds is 8. The number of carboxylic acid groups (broad SMARTS) is 1. The molecule has 0 fully saturated rings. The largest absolute Gasteiger partial charge is 0.493 e. The van der Waals surface area contributed by atoms with E-state index in [1.807, 2.05) is 6.92 Å². The number of ether oxygens (including phenoxy) is 2. The van der Waals surface area contributed by atoms with Gasteiger partial charge in [-0.05, 0) is 61.9 Å². The summed E-state index contributed by atoms with van der Waals surface area (Å²) >= 11 is 13.5. The summed E-state index contributed by atoms with van der Waals surface area (Å²) in [4.78, 5) is 43.4. The minimum absolute atomic E-state index is 0.0551. The SMILES string of the molecule is CCCOc1ccc(Cl)cc1[C@H]1C(C(=O)OC)=C(C)N=c2s/c(=C/c3ccc(-c4ccc(Cl)c(C(=O)O)c4)o3)c(=O)n21. The molecule has 3 heterocycles. The number of allylic oxidation sites excluding steroid dienone is 1. The Morgan fingerprint density at radius 3 is 2.67 bits per heavy atom. The van der Waals surface area contributed by atoms with E-state index in [0.717, 1.165) is 17.8 Å². The molecular weight excluding hydrogens is 603 g/mol. The molecule has 9 nitrogen and oxygen atoms in total. The van der Waals surface area contributed by atoms with Crippen LogP contribution in [-0.2, 0) is 9.53 Å². The van der Waals surface area contributed by atoms with Crippen molar-refractivity contribution in [1.29, 1.82) is 0 Å². The van der Waals surface area contributed by atoms with Gasteiger partial charge in [0.05, 0.1) is 40.1 Å². The molecule has 2 aromatic heterocycles. The molecular formula is C30H24Cl2N2O7S. The summed E-state index contributed by atoms with van der Waals surface area (Å²) in [5, 5.41) is 9.92. The van der Waals surface area contributed by atoms with E-state index >= 15 is 0 Å². The van der Waals surface area contributed by atoms with Crippen molar-refractivity contribution in [2.45, 2.75) is 26.3 Å². The van der Waals surface area contributed by atoms with Gasteiger partial charge in [0.25, 0.3) is 5.56 Å². The fourth-order valence-corrected chi connectivity index (χ4v) is 6.03. The molecule has 42 heavy (non-hydrogen) atoms. The van der Waals surface area contributed by atoms with E-state index in [1.54, 1.807) is 49.4 Å². The third-order valence-corrected chi connectivity index (χ3v) is 8.08. The quantitative estimate of drug-likeness (QED) is 0.258. The number of fused-ring (bicyclic) bond motifs is 1. The highest BCUT2D eigenvalue weighted by molar-refractivity contribution is 7.07. The summed E-state index contributed by atoms with van der Waals surface area (Å²) in [6.45, 7) is 4.08. The van der Waals surface area contributed by atoms with Crippen LogP contribution in [0.2, 0.25) is 10.0 Å². The molecule has 12 heteroatoms. The Labute approximate surface area is 253 Å². The first-order chi connectivity index (χ1) is 20.1. The smallest absolute Gasteiger partial charge is 0.338 e. The molecule has 0 saturated carbocycles. The van der Waals surface area contributed by atoms with Crippen molar-refractivity contribution in [3.8, 4) is 17.1 Å². The van der Waals surface area contributed by atoms with Gasteiger partial charge >= 0.3 is 11.9 Å². The maximum absolute atomic E-state index is 13.9. The molecule has 0 amide bonds. The minimum atomic E-state index is -1.16. The highest BCUT2D eigenvalue weighted by Gasteiger charge is 2.35. The van der Waals surface area contributed by atoms with Crippen molar-refractivity contribution in [2.75, 3.05) is 13.7 Å². The number of hydrogen-bond acceptors (Lipinski definition) is 8. The lowest BCUT2D eigenvalue weighted by molar-refractivity contribution is -0.136. The van der Waals surface area contributed by atoms with Crippen LogP contribution in [0.1, 0.15) is 48.0 Å². The molecule has 1 atom stereocenters. The van der Waals surface area contributed by atoms with E-state index in [4.69, 9.17) is 37.1 Å². The van der Waals surface area contributed by atoms with Gasteiger partial charge in [-0.3, -0.25) is 9.36 Å². The Morgan fingerprint density at radius 2 is 1.95 bits per heavy atom. The Kier molecular flexibility index (Phi) is 8.40. The second-order valence-electron chi connectivity index (χ2n) is 9.31. The van der Waals surface area contributed by atoms with E-state index in [1.165, 1.54) is 23.8 Å². The van der Waals surface area contributed by atoms with Crippen molar-refractivity contribution in [2.24, 2.45) is 4.99 Å². The molecule has 0 saturated heterocycles. The molecule has 0 unspecified atom stereocenters. The topological polar surface area (TPSA) is 120 Å². The number of aromatic carboxylic acids is 1. The van der Waals surface area contributed by atoms with Crippen LogP contribution in [-0.4, -0.2) is 35.3 Å². The fourth-order valence-electron chi connectivity index (χ4n) is 4.62. The molecule has 0 bridgehead atoms. The van der Waals surface area contributed by atoms with Gasteiger partial charge in [0.2, 0.25) is 0 Å². The van der Waals surface area contributed by atoms with Gasteiger partial charge in [0.1, 0.15) is 23.3 Å². The first-order valence-electron chi connectivity index (χ1n) is 12.8. The third-order valence-electron chi connectivity index (χ3n) is 6.54. The Balaban J connectivity index is 1.65. The number of furan rings is 1. The third kappa shape index (κ3) is 5.53. The summed E-state index contributed by atoms with van der Waals surface area (Å²) in [7, 11) is 1.27. The minimum Gasteiger partial charge on any atom is -0.493 e. The molecule has 2 aromatic carbocycles. The first-order valence-corrected chi connectivity index (χ1v) is 14.4. The average molecular weight is 628 g/mol. The molecule has 5 rings (SSSR count). The lowest BCUT2D eigenvalue weighted by Gasteiger charge is -2.26. The highest BCUT2D eigenvalue weighted by atomic mass is 35.5.